The average molecular weight is 283 g/mol. The third kappa shape index (κ3) is 2.16. The Hall–Kier alpha value is -2.27. The normalized spacial score (nSPS) is 10.7. The lowest BCUT2D eigenvalue weighted by Gasteiger charge is -2.05. The lowest BCUT2D eigenvalue weighted by Crippen LogP contribution is -2.14. The number of carbonyl (C=O) groups excluding carboxylic acids is 1. The molecule has 3 aromatic rings. The van der Waals surface area contributed by atoms with Crippen LogP contribution < -0.4 is 5.32 Å². The summed E-state index contributed by atoms with van der Waals surface area (Å²) in [5.41, 5.74) is 2.26. The molecular formula is C15H13N3OS. The summed E-state index contributed by atoms with van der Waals surface area (Å²) in [4.78, 5) is 22.8. The third-order valence-electron chi connectivity index (χ3n) is 3.21. The summed E-state index contributed by atoms with van der Waals surface area (Å²) in [5.74, 6) is -0.204. The fraction of sp³-hybridized carbons (Fsp3) is 0.133. The number of aromatic nitrogens is 2. The number of benzene rings is 1. The second-order valence-corrected chi connectivity index (χ2v) is 5.71. The van der Waals surface area contributed by atoms with Crippen LogP contribution in [0, 0.1) is 13.8 Å². The molecule has 1 aromatic carbocycles. The smallest absolute Gasteiger partial charge is 0.275 e. The van der Waals surface area contributed by atoms with E-state index in [0.29, 0.717) is 5.69 Å². The van der Waals surface area contributed by atoms with E-state index in [1.165, 1.54) is 6.33 Å². The minimum atomic E-state index is -0.204. The molecule has 100 valence electrons. The molecule has 2 aromatic heterocycles. The maximum atomic E-state index is 12.4. The second kappa shape index (κ2) is 5.02. The summed E-state index contributed by atoms with van der Waals surface area (Å²) >= 11 is 1.59. The van der Waals surface area contributed by atoms with Gasteiger partial charge in [-0.15, -0.1) is 11.3 Å². The summed E-state index contributed by atoms with van der Waals surface area (Å²) in [5, 5.41) is 3.71. The van der Waals surface area contributed by atoms with Crippen LogP contribution in [0.4, 0.5) is 5.69 Å². The minimum Gasteiger partial charge on any atom is -0.321 e. The minimum absolute atomic E-state index is 0.204. The highest BCUT2D eigenvalue weighted by molar-refractivity contribution is 7.18. The van der Waals surface area contributed by atoms with E-state index in [1.807, 2.05) is 44.2 Å². The van der Waals surface area contributed by atoms with Gasteiger partial charge in [-0.2, -0.15) is 0 Å². The van der Waals surface area contributed by atoms with Crippen LogP contribution in [-0.2, 0) is 0 Å². The van der Waals surface area contributed by atoms with E-state index in [4.69, 9.17) is 0 Å². The molecule has 0 atom stereocenters. The summed E-state index contributed by atoms with van der Waals surface area (Å²) in [6, 6.07) is 9.37. The number of amides is 1. The van der Waals surface area contributed by atoms with Gasteiger partial charge in [0.25, 0.3) is 5.91 Å². The van der Waals surface area contributed by atoms with Gasteiger partial charge in [0, 0.05) is 16.0 Å². The van der Waals surface area contributed by atoms with E-state index in [-0.39, 0.29) is 5.91 Å². The van der Waals surface area contributed by atoms with E-state index in [2.05, 4.69) is 15.3 Å². The lowest BCUT2D eigenvalue weighted by molar-refractivity contribution is 0.102. The number of para-hydroxylation sites is 1. The van der Waals surface area contributed by atoms with Crippen LogP contribution in [0.25, 0.3) is 10.2 Å². The number of thiophene rings is 1. The molecule has 1 N–H and O–H groups in total. The number of rotatable bonds is 2. The number of nitrogens with zero attached hydrogens (tertiary/aromatic N) is 2. The van der Waals surface area contributed by atoms with E-state index in [1.54, 1.807) is 11.3 Å². The first-order chi connectivity index (χ1) is 9.66. The van der Waals surface area contributed by atoms with E-state index >= 15 is 0 Å². The lowest BCUT2D eigenvalue weighted by atomic mass is 10.1. The van der Waals surface area contributed by atoms with Gasteiger partial charge in [0.2, 0.25) is 0 Å². The van der Waals surface area contributed by atoms with Crippen molar-refractivity contribution in [2.45, 2.75) is 13.8 Å². The number of fused-ring (bicyclic) bond motifs is 1. The second-order valence-electron chi connectivity index (χ2n) is 4.51. The summed E-state index contributed by atoms with van der Waals surface area (Å²) in [6.07, 6.45) is 1.44. The van der Waals surface area contributed by atoms with Gasteiger partial charge in [-0.25, -0.2) is 9.97 Å². The molecule has 20 heavy (non-hydrogen) atoms. The van der Waals surface area contributed by atoms with Crippen LogP contribution in [0.1, 0.15) is 20.9 Å². The summed E-state index contributed by atoms with van der Waals surface area (Å²) in [6.45, 7) is 4.03. The first kappa shape index (κ1) is 12.7. The van der Waals surface area contributed by atoms with Crippen LogP contribution >= 0.6 is 11.3 Å². The molecule has 0 bridgehead atoms. The van der Waals surface area contributed by atoms with Gasteiger partial charge in [0.05, 0.1) is 0 Å². The maximum Gasteiger partial charge on any atom is 0.275 e. The monoisotopic (exact) mass is 283 g/mol. The van der Waals surface area contributed by atoms with Crippen molar-refractivity contribution in [3.8, 4) is 0 Å². The first-order valence-electron chi connectivity index (χ1n) is 6.24. The molecule has 0 unspecified atom stereocenters. The zero-order valence-electron chi connectivity index (χ0n) is 11.2. The highest BCUT2D eigenvalue weighted by Crippen LogP contribution is 2.30. The van der Waals surface area contributed by atoms with Gasteiger partial charge in [-0.05, 0) is 31.5 Å². The molecule has 0 aliphatic heterocycles. The third-order valence-corrected chi connectivity index (χ3v) is 4.33. The van der Waals surface area contributed by atoms with Crippen molar-refractivity contribution in [1.82, 2.24) is 9.97 Å². The van der Waals surface area contributed by atoms with Gasteiger partial charge in [0.15, 0.2) is 0 Å². The standard InChI is InChI=1S/C15H13N3OS/c1-9-10(2)20-15-12(9)13(16-8-17-15)14(19)18-11-6-4-3-5-7-11/h3-8H,1-2H3,(H,18,19). The van der Waals surface area contributed by atoms with Crippen molar-refractivity contribution in [1.29, 1.82) is 0 Å². The van der Waals surface area contributed by atoms with Gasteiger partial charge < -0.3 is 5.32 Å². The zero-order valence-corrected chi connectivity index (χ0v) is 12.0. The fourth-order valence-corrected chi connectivity index (χ4v) is 3.06. The van der Waals surface area contributed by atoms with Crippen molar-refractivity contribution >= 4 is 33.1 Å². The molecule has 4 nitrogen and oxygen atoms in total. The number of anilines is 1. The van der Waals surface area contributed by atoms with Crippen LogP contribution in [0.15, 0.2) is 36.7 Å². The fourth-order valence-electron chi connectivity index (χ4n) is 2.07. The Kier molecular flexibility index (Phi) is 3.20. The van der Waals surface area contributed by atoms with E-state index in [9.17, 15) is 4.79 Å². The van der Waals surface area contributed by atoms with E-state index in [0.717, 1.165) is 26.3 Å². The van der Waals surface area contributed by atoms with Gasteiger partial charge in [-0.1, -0.05) is 18.2 Å². The molecular weight excluding hydrogens is 270 g/mol. The molecule has 5 heteroatoms. The molecule has 0 radical (unpaired) electrons. The Balaban J connectivity index is 2.04. The van der Waals surface area contributed by atoms with Crippen molar-refractivity contribution in [2.75, 3.05) is 5.32 Å². The average Bonchev–Trinajstić information content (AvgIpc) is 2.75. The zero-order chi connectivity index (χ0) is 14.1. The predicted octanol–water partition coefficient (Wildman–Crippen LogP) is 3.56. The van der Waals surface area contributed by atoms with Crippen molar-refractivity contribution in [3.63, 3.8) is 0 Å². The van der Waals surface area contributed by atoms with Crippen molar-refractivity contribution in [2.24, 2.45) is 0 Å². The highest BCUT2D eigenvalue weighted by Gasteiger charge is 2.17. The summed E-state index contributed by atoms with van der Waals surface area (Å²) in [7, 11) is 0. The SMILES string of the molecule is Cc1sc2ncnc(C(=O)Nc3ccccc3)c2c1C. The Morgan fingerprint density at radius 2 is 1.90 bits per heavy atom. The van der Waals surface area contributed by atoms with E-state index < -0.39 is 0 Å². The molecule has 0 aliphatic carbocycles. The molecule has 2 heterocycles. The molecule has 3 rings (SSSR count). The summed E-state index contributed by atoms with van der Waals surface area (Å²) < 4.78 is 0. The largest absolute Gasteiger partial charge is 0.321 e. The predicted molar refractivity (Wildman–Crippen MR) is 81.3 cm³/mol. The number of carbonyl (C=O) groups is 1. The molecule has 0 fully saturated rings. The molecule has 0 saturated heterocycles. The number of aryl methyl sites for hydroxylation is 2. The van der Waals surface area contributed by atoms with Gasteiger partial charge in [-0.3, -0.25) is 4.79 Å². The van der Waals surface area contributed by atoms with Gasteiger partial charge >= 0.3 is 0 Å². The maximum absolute atomic E-state index is 12.4. The van der Waals surface area contributed by atoms with Crippen LogP contribution in [0.5, 0.6) is 0 Å². The number of hydrogen-bond donors (Lipinski definition) is 1. The first-order valence-corrected chi connectivity index (χ1v) is 7.05. The van der Waals surface area contributed by atoms with Crippen LogP contribution in [0.2, 0.25) is 0 Å². The van der Waals surface area contributed by atoms with Gasteiger partial charge in [0.1, 0.15) is 16.9 Å². The van der Waals surface area contributed by atoms with Crippen molar-refractivity contribution < 1.29 is 4.79 Å². The molecule has 0 aliphatic rings. The Morgan fingerprint density at radius 1 is 1.15 bits per heavy atom. The Bertz CT molecular complexity index is 780. The number of nitrogens with one attached hydrogen (secondary N) is 1. The van der Waals surface area contributed by atoms with Crippen molar-refractivity contribution in [3.05, 3.63) is 52.8 Å². The Morgan fingerprint density at radius 3 is 2.65 bits per heavy atom. The number of hydrogen-bond acceptors (Lipinski definition) is 4. The quantitative estimate of drug-likeness (QED) is 0.782. The highest BCUT2D eigenvalue weighted by atomic mass is 32.1. The molecule has 0 saturated carbocycles. The topological polar surface area (TPSA) is 54.9 Å². The molecule has 0 spiro atoms. The van der Waals surface area contributed by atoms with Crippen LogP contribution in [-0.4, -0.2) is 15.9 Å². The van der Waals surface area contributed by atoms with Crippen LogP contribution in [0.3, 0.4) is 0 Å². The Labute approximate surface area is 120 Å². The molecule has 1 amide bonds.